The molecule has 1 aliphatic carbocycles. The second-order valence-corrected chi connectivity index (χ2v) is 9.02. The Hall–Kier alpha value is -3.12. The molecule has 6 rings (SSSR count). The van der Waals surface area contributed by atoms with Crippen LogP contribution in [0.25, 0.3) is 11.1 Å². The van der Waals surface area contributed by atoms with Gasteiger partial charge in [-0.3, -0.25) is 0 Å². The fourth-order valence-electron chi connectivity index (χ4n) is 5.29. The maximum atomic E-state index is 6.65. The molecule has 0 radical (unpaired) electrons. The van der Waals surface area contributed by atoms with Crippen LogP contribution >= 0.6 is 0 Å². The molecule has 0 bridgehead atoms. The minimum absolute atomic E-state index is 0.340. The number of anilines is 3. The number of aromatic nitrogens is 2. The Kier molecular flexibility index (Phi) is 4.95. The van der Waals surface area contributed by atoms with Gasteiger partial charge in [0.25, 0.3) is 0 Å². The minimum atomic E-state index is -0.340. The summed E-state index contributed by atoms with van der Waals surface area (Å²) in [7, 11) is 0. The third-order valence-corrected chi connectivity index (χ3v) is 6.97. The predicted molar refractivity (Wildman–Crippen MR) is 128 cm³/mol. The Morgan fingerprint density at radius 2 is 1.69 bits per heavy atom. The fraction of sp³-hybridized carbons (Fsp3) is 0.385. The summed E-state index contributed by atoms with van der Waals surface area (Å²) in [6.45, 7) is 4.17. The molecule has 0 atom stereocenters. The molecule has 1 aromatic heterocycles. The minimum Gasteiger partial charge on any atom is -0.480 e. The van der Waals surface area contributed by atoms with Gasteiger partial charge in [-0.2, -0.15) is 0 Å². The number of piperazine rings is 1. The number of ether oxygens (including phenoxy) is 1. The third-order valence-electron chi connectivity index (χ3n) is 6.97. The third kappa shape index (κ3) is 3.48. The van der Waals surface area contributed by atoms with E-state index >= 15 is 0 Å². The summed E-state index contributed by atoms with van der Waals surface area (Å²) in [6, 6.07) is 16.8. The lowest BCUT2D eigenvalue weighted by molar-refractivity contribution is 0.0198. The Morgan fingerprint density at radius 3 is 2.50 bits per heavy atom. The van der Waals surface area contributed by atoms with Crippen molar-refractivity contribution in [2.75, 3.05) is 36.4 Å². The molecule has 2 fully saturated rings. The summed E-state index contributed by atoms with van der Waals surface area (Å²) in [5.41, 5.74) is 5.14. The molecule has 6 nitrogen and oxygen atoms in total. The molecular formula is C26H29N5O. The highest BCUT2D eigenvalue weighted by Gasteiger charge is 2.43. The Labute approximate surface area is 189 Å². The Bertz CT molecular complexity index is 1100. The molecule has 3 aliphatic rings. The lowest BCUT2D eigenvalue weighted by Crippen LogP contribution is -2.43. The highest BCUT2D eigenvalue weighted by atomic mass is 16.5. The van der Waals surface area contributed by atoms with Gasteiger partial charge in [0.1, 0.15) is 5.75 Å². The Morgan fingerprint density at radius 1 is 0.906 bits per heavy atom. The van der Waals surface area contributed by atoms with E-state index in [1.54, 1.807) is 0 Å². The highest BCUT2D eigenvalue weighted by molar-refractivity contribution is 5.75. The van der Waals surface area contributed by atoms with Crippen LogP contribution in [0.3, 0.4) is 0 Å². The van der Waals surface area contributed by atoms with Crippen molar-refractivity contribution in [2.24, 2.45) is 0 Å². The summed E-state index contributed by atoms with van der Waals surface area (Å²) < 4.78 is 6.65. The molecule has 2 aliphatic heterocycles. The van der Waals surface area contributed by atoms with Crippen LogP contribution < -0.4 is 20.3 Å². The smallest absolute Gasteiger partial charge is 0.227 e. The fourth-order valence-corrected chi connectivity index (χ4v) is 5.29. The second kappa shape index (κ2) is 8.10. The zero-order chi connectivity index (χ0) is 21.4. The molecule has 164 valence electrons. The van der Waals surface area contributed by atoms with Gasteiger partial charge in [-0.05, 0) is 56.0 Å². The maximum Gasteiger partial charge on any atom is 0.227 e. The van der Waals surface area contributed by atoms with E-state index in [0.29, 0.717) is 5.95 Å². The SMILES string of the molecule is c1ccc2c(c1)OC1(CCCCC1)c1nc(Nc3ccc(N4CCNCC4)cc3)ncc1-2. The monoisotopic (exact) mass is 427 g/mol. The van der Waals surface area contributed by atoms with E-state index in [1.807, 2.05) is 12.3 Å². The van der Waals surface area contributed by atoms with Crippen molar-refractivity contribution in [3.8, 4) is 16.9 Å². The van der Waals surface area contributed by atoms with Gasteiger partial charge in [0.05, 0.1) is 5.69 Å². The molecule has 3 aromatic rings. The number of rotatable bonds is 3. The van der Waals surface area contributed by atoms with Crippen LogP contribution in [0.1, 0.15) is 37.8 Å². The quantitative estimate of drug-likeness (QED) is 0.623. The largest absolute Gasteiger partial charge is 0.480 e. The van der Waals surface area contributed by atoms with E-state index in [0.717, 1.165) is 67.3 Å². The number of fused-ring (bicyclic) bond motifs is 4. The zero-order valence-electron chi connectivity index (χ0n) is 18.3. The van der Waals surface area contributed by atoms with Crippen molar-refractivity contribution in [3.05, 3.63) is 60.4 Å². The summed E-state index contributed by atoms with van der Waals surface area (Å²) in [6.07, 6.45) is 7.58. The summed E-state index contributed by atoms with van der Waals surface area (Å²) >= 11 is 0. The average molecular weight is 428 g/mol. The molecule has 32 heavy (non-hydrogen) atoms. The van der Waals surface area contributed by atoms with Gasteiger partial charge in [0, 0.05) is 54.9 Å². The molecule has 3 heterocycles. The van der Waals surface area contributed by atoms with Crippen molar-refractivity contribution < 1.29 is 4.74 Å². The summed E-state index contributed by atoms with van der Waals surface area (Å²) in [5, 5.41) is 6.82. The van der Waals surface area contributed by atoms with Gasteiger partial charge in [-0.1, -0.05) is 24.6 Å². The van der Waals surface area contributed by atoms with Crippen LogP contribution in [0, 0.1) is 0 Å². The van der Waals surface area contributed by atoms with Crippen LogP contribution in [0.4, 0.5) is 17.3 Å². The van der Waals surface area contributed by atoms with E-state index in [-0.39, 0.29) is 5.60 Å². The lowest BCUT2D eigenvalue weighted by atomic mass is 9.78. The van der Waals surface area contributed by atoms with Crippen LogP contribution in [0.5, 0.6) is 5.75 Å². The van der Waals surface area contributed by atoms with Crippen LogP contribution in [-0.2, 0) is 5.60 Å². The van der Waals surface area contributed by atoms with Crippen molar-refractivity contribution in [2.45, 2.75) is 37.7 Å². The number of hydrogen-bond acceptors (Lipinski definition) is 6. The number of hydrogen-bond donors (Lipinski definition) is 2. The van der Waals surface area contributed by atoms with Gasteiger partial charge in [-0.25, -0.2) is 9.97 Å². The van der Waals surface area contributed by atoms with Crippen LogP contribution in [0.2, 0.25) is 0 Å². The molecule has 0 unspecified atom stereocenters. The maximum absolute atomic E-state index is 6.65. The van der Waals surface area contributed by atoms with Crippen molar-refractivity contribution >= 4 is 17.3 Å². The zero-order valence-corrected chi connectivity index (χ0v) is 18.3. The standard InChI is InChI=1S/C26H29N5O/c1-4-12-26(13-5-1)24-22(21-6-2-3-7-23(21)32-26)18-28-25(30-24)29-19-8-10-20(11-9-19)31-16-14-27-15-17-31/h2-3,6-11,18,27H,1,4-5,12-17H2,(H,28,29,30). The van der Waals surface area contributed by atoms with Gasteiger partial charge in [-0.15, -0.1) is 0 Å². The van der Waals surface area contributed by atoms with E-state index < -0.39 is 0 Å². The van der Waals surface area contributed by atoms with Crippen molar-refractivity contribution in [3.63, 3.8) is 0 Å². The van der Waals surface area contributed by atoms with Crippen molar-refractivity contribution in [1.82, 2.24) is 15.3 Å². The average Bonchev–Trinajstić information content (AvgIpc) is 2.86. The van der Waals surface area contributed by atoms with Gasteiger partial charge in [0.2, 0.25) is 5.95 Å². The summed E-state index contributed by atoms with van der Waals surface area (Å²) in [5.74, 6) is 1.58. The molecule has 1 spiro atoms. The van der Waals surface area contributed by atoms with E-state index in [2.05, 4.69) is 63.0 Å². The number of para-hydroxylation sites is 1. The number of benzene rings is 2. The molecule has 2 aromatic carbocycles. The molecule has 2 N–H and O–H groups in total. The van der Waals surface area contributed by atoms with E-state index in [4.69, 9.17) is 9.72 Å². The van der Waals surface area contributed by atoms with E-state index in [9.17, 15) is 0 Å². The normalized spacial score (nSPS) is 19.1. The Balaban J connectivity index is 1.31. The topological polar surface area (TPSA) is 62.3 Å². The predicted octanol–water partition coefficient (Wildman–Crippen LogP) is 4.85. The molecule has 1 saturated heterocycles. The van der Waals surface area contributed by atoms with Gasteiger partial charge in [0.15, 0.2) is 5.60 Å². The first-order valence-electron chi connectivity index (χ1n) is 11.8. The first kappa shape index (κ1) is 19.6. The van der Waals surface area contributed by atoms with E-state index in [1.165, 1.54) is 24.9 Å². The first-order valence-corrected chi connectivity index (χ1v) is 11.8. The molecule has 1 saturated carbocycles. The second-order valence-electron chi connectivity index (χ2n) is 9.02. The van der Waals surface area contributed by atoms with Gasteiger partial charge < -0.3 is 20.3 Å². The van der Waals surface area contributed by atoms with Crippen LogP contribution in [0.15, 0.2) is 54.7 Å². The summed E-state index contributed by atoms with van der Waals surface area (Å²) in [4.78, 5) is 12.1. The van der Waals surface area contributed by atoms with Gasteiger partial charge >= 0.3 is 0 Å². The first-order chi connectivity index (χ1) is 15.8. The highest BCUT2D eigenvalue weighted by Crippen LogP contribution is 2.50. The number of nitrogens with one attached hydrogen (secondary N) is 2. The van der Waals surface area contributed by atoms with Crippen molar-refractivity contribution in [1.29, 1.82) is 0 Å². The number of nitrogens with zero attached hydrogens (tertiary/aromatic N) is 3. The molecular weight excluding hydrogens is 398 g/mol. The molecule has 0 amide bonds. The lowest BCUT2D eigenvalue weighted by Gasteiger charge is -2.41. The molecule has 6 heteroatoms. The van der Waals surface area contributed by atoms with Crippen LogP contribution in [-0.4, -0.2) is 36.1 Å².